The van der Waals surface area contributed by atoms with Crippen LogP contribution in [0.3, 0.4) is 0 Å². The molecule has 0 radical (unpaired) electrons. The molecule has 0 saturated carbocycles. The van der Waals surface area contributed by atoms with Gasteiger partial charge >= 0.3 is 0 Å². The molecule has 2 aliphatic heterocycles. The summed E-state index contributed by atoms with van der Waals surface area (Å²) in [4.78, 5) is 12.3. The van der Waals surface area contributed by atoms with Crippen LogP contribution >= 0.6 is 0 Å². The summed E-state index contributed by atoms with van der Waals surface area (Å²) < 4.78 is 8.01. The number of piperidine rings is 1. The Bertz CT molecular complexity index is 487. The third-order valence-corrected chi connectivity index (χ3v) is 4.03. The Balaban J connectivity index is 2.02. The maximum atomic E-state index is 12.3. The van der Waals surface area contributed by atoms with Crippen LogP contribution in [-0.4, -0.2) is 34.3 Å². The van der Waals surface area contributed by atoms with E-state index in [-0.39, 0.29) is 11.4 Å². The molecule has 0 aromatic carbocycles. The number of Topliss-reactive ketones (excluding diaryl/α,β-unsaturated/α-hetero) is 1. The maximum Gasteiger partial charge on any atom is 0.190 e. The Morgan fingerprint density at radius 2 is 2.17 bits per heavy atom. The van der Waals surface area contributed by atoms with Crippen molar-refractivity contribution in [3.8, 4) is 5.75 Å². The van der Waals surface area contributed by atoms with E-state index < -0.39 is 0 Å². The molecule has 0 unspecified atom stereocenters. The molecule has 3 heterocycles. The number of carbonyl (C=O) groups is 1. The molecule has 18 heavy (non-hydrogen) atoms. The molecule has 1 aromatic heterocycles. The summed E-state index contributed by atoms with van der Waals surface area (Å²) in [6.07, 6.45) is 3.11. The lowest BCUT2D eigenvalue weighted by molar-refractivity contribution is 0.0178. The Morgan fingerprint density at radius 3 is 2.83 bits per heavy atom. The first-order valence-electron chi connectivity index (χ1n) is 6.64. The highest BCUT2D eigenvalue weighted by molar-refractivity contribution is 5.98. The summed E-state index contributed by atoms with van der Waals surface area (Å²) >= 11 is 0. The van der Waals surface area contributed by atoms with Gasteiger partial charge in [0.1, 0.15) is 5.60 Å². The molecule has 0 aliphatic carbocycles. The summed E-state index contributed by atoms with van der Waals surface area (Å²) in [5.41, 5.74) is 1.26. The van der Waals surface area contributed by atoms with Crippen molar-refractivity contribution in [1.82, 2.24) is 15.1 Å². The van der Waals surface area contributed by atoms with Gasteiger partial charge in [-0.15, -0.1) is 0 Å². The van der Waals surface area contributed by atoms with Gasteiger partial charge in [0, 0.05) is 19.9 Å². The highest BCUT2D eigenvalue weighted by Gasteiger charge is 2.43. The zero-order valence-electron chi connectivity index (χ0n) is 11.0. The van der Waals surface area contributed by atoms with Crippen LogP contribution in [0, 0.1) is 0 Å². The molecular weight excluding hydrogens is 230 g/mol. The van der Waals surface area contributed by atoms with Crippen molar-refractivity contribution in [3.05, 3.63) is 11.4 Å². The molecule has 0 amide bonds. The number of ether oxygens (including phenoxy) is 1. The van der Waals surface area contributed by atoms with Crippen LogP contribution in [0.4, 0.5) is 0 Å². The second kappa shape index (κ2) is 4.09. The van der Waals surface area contributed by atoms with Gasteiger partial charge in [0.05, 0.1) is 12.1 Å². The van der Waals surface area contributed by atoms with Crippen molar-refractivity contribution in [2.24, 2.45) is 7.05 Å². The average molecular weight is 249 g/mol. The number of nitrogens with zero attached hydrogens (tertiary/aromatic N) is 2. The van der Waals surface area contributed by atoms with Crippen molar-refractivity contribution in [3.63, 3.8) is 0 Å². The molecule has 5 heteroatoms. The molecule has 2 aliphatic rings. The molecule has 0 bridgehead atoms. The summed E-state index contributed by atoms with van der Waals surface area (Å²) in [5, 5.41) is 7.62. The molecule has 1 aromatic rings. The quantitative estimate of drug-likeness (QED) is 0.809. The zero-order valence-corrected chi connectivity index (χ0v) is 11.0. The predicted molar refractivity (Wildman–Crippen MR) is 67.0 cm³/mol. The van der Waals surface area contributed by atoms with E-state index in [9.17, 15) is 4.79 Å². The summed E-state index contributed by atoms with van der Waals surface area (Å²) in [5.74, 6) is 0.867. The average Bonchev–Trinajstić information content (AvgIpc) is 2.66. The van der Waals surface area contributed by atoms with E-state index >= 15 is 0 Å². The minimum absolute atomic E-state index is 0.133. The fraction of sp³-hybridized carbons (Fsp3) is 0.692. The molecule has 1 N–H and O–H groups in total. The molecule has 1 spiro atoms. The van der Waals surface area contributed by atoms with Gasteiger partial charge in [0.2, 0.25) is 0 Å². The van der Waals surface area contributed by atoms with Crippen LogP contribution in [0.1, 0.15) is 42.4 Å². The van der Waals surface area contributed by atoms with Crippen LogP contribution in [0.15, 0.2) is 0 Å². The van der Waals surface area contributed by atoms with Gasteiger partial charge in [0.15, 0.2) is 17.2 Å². The topological polar surface area (TPSA) is 56.2 Å². The molecule has 5 nitrogen and oxygen atoms in total. The van der Waals surface area contributed by atoms with E-state index in [2.05, 4.69) is 17.3 Å². The number of hydrogen-bond acceptors (Lipinski definition) is 4. The maximum absolute atomic E-state index is 12.3. The number of ketones is 1. The van der Waals surface area contributed by atoms with Crippen LogP contribution in [0.25, 0.3) is 0 Å². The highest BCUT2D eigenvalue weighted by atomic mass is 16.5. The van der Waals surface area contributed by atoms with Gasteiger partial charge in [-0.05, 0) is 19.5 Å². The third kappa shape index (κ3) is 1.65. The van der Waals surface area contributed by atoms with Crippen molar-refractivity contribution in [1.29, 1.82) is 0 Å². The summed E-state index contributed by atoms with van der Waals surface area (Å²) in [6.45, 7) is 3.91. The van der Waals surface area contributed by atoms with Crippen molar-refractivity contribution >= 4 is 5.78 Å². The van der Waals surface area contributed by atoms with Gasteiger partial charge in [0.25, 0.3) is 0 Å². The van der Waals surface area contributed by atoms with E-state index in [0.717, 1.165) is 43.8 Å². The van der Waals surface area contributed by atoms with E-state index in [1.807, 2.05) is 7.05 Å². The van der Waals surface area contributed by atoms with Crippen molar-refractivity contribution in [2.75, 3.05) is 13.1 Å². The van der Waals surface area contributed by atoms with Crippen LogP contribution in [0.5, 0.6) is 5.75 Å². The SMILES string of the molecule is CCc1c2c(nn1C)C(=O)CC1(CCNCC1)O2. The van der Waals surface area contributed by atoms with E-state index in [0.29, 0.717) is 12.1 Å². The van der Waals surface area contributed by atoms with Crippen molar-refractivity contribution in [2.45, 2.75) is 38.2 Å². The zero-order chi connectivity index (χ0) is 12.8. The second-order valence-electron chi connectivity index (χ2n) is 5.24. The third-order valence-electron chi connectivity index (χ3n) is 4.03. The van der Waals surface area contributed by atoms with Gasteiger partial charge in [-0.2, -0.15) is 5.10 Å². The first kappa shape index (κ1) is 11.7. The smallest absolute Gasteiger partial charge is 0.190 e. The highest BCUT2D eigenvalue weighted by Crippen LogP contribution is 2.39. The molecule has 1 saturated heterocycles. The molecule has 3 rings (SSSR count). The Morgan fingerprint density at radius 1 is 1.44 bits per heavy atom. The number of hydrogen-bond donors (Lipinski definition) is 1. The van der Waals surface area contributed by atoms with Gasteiger partial charge < -0.3 is 10.1 Å². The van der Waals surface area contributed by atoms with Gasteiger partial charge in [-0.1, -0.05) is 6.92 Å². The molecule has 0 atom stereocenters. The molecular formula is C13H19N3O2. The van der Waals surface area contributed by atoms with Gasteiger partial charge in [-0.25, -0.2) is 0 Å². The van der Waals surface area contributed by atoms with Gasteiger partial charge in [-0.3, -0.25) is 9.48 Å². The largest absolute Gasteiger partial charge is 0.482 e. The second-order valence-corrected chi connectivity index (χ2v) is 5.24. The fourth-order valence-corrected chi connectivity index (χ4v) is 3.01. The number of fused-ring (bicyclic) bond motifs is 1. The normalized spacial score (nSPS) is 21.8. The Kier molecular flexibility index (Phi) is 2.66. The number of rotatable bonds is 1. The monoisotopic (exact) mass is 249 g/mol. The minimum atomic E-state index is -0.289. The van der Waals surface area contributed by atoms with Crippen LogP contribution in [-0.2, 0) is 13.5 Å². The standard InChI is InChI=1S/C13H19N3O2/c1-3-9-12-11(15-16(9)2)10(17)8-13(18-12)4-6-14-7-5-13/h14H,3-8H2,1-2H3. The molecule has 1 fully saturated rings. The van der Waals surface area contributed by atoms with E-state index in [4.69, 9.17) is 4.74 Å². The number of nitrogens with one attached hydrogen (secondary N) is 1. The number of aryl methyl sites for hydroxylation is 1. The number of carbonyl (C=O) groups excluding carboxylic acids is 1. The number of aromatic nitrogens is 2. The summed E-state index contributed by atoms with van der Waals surface area (Å²) in [6, 6.07) is 0. The summed E-state index contributed by atoms with van der Waals surface area (Å²) in [7, 11) is 1.88. The first-order chi connectivity index (χ1) is 8.65. The van der Waals surface area contributed by atoms with E-state index in [1.165, 1.54) is 0 Å². The Hall–Kier alpha value is -1.36. The lowest BCUT2D eigenvalue weighted by Gasteiger charge is -2.39. The lowest BCUT2D eigenvalue weighted by Crippen LogP contribution is -2.49. The van der Waals surface area contributed by atoms with Crippen LogP contribution in [0.2, 0.25) is 0 Å². The Labute approximate surface area is 107 Å². The first-order valence-corrected chi connectivity index (χ1v) is 6.64. The predicted octanol–water partition coefficient (Wildman–Crippen LogP) is 1.07. The van der Waals surface area contributed by atoms with Crippen LogP contribution < -0.4 is 10.1 Å². The van der Waals surface area contributed by atoms with Crippen molar-refractivity contribution < 1.29 is 9.53 Å². The minimum Gasteiger partial charge on any atom is -0.482 e. The molecule has 98 valence electrons. The van der Waals surface area contributed by atoms with E-state index in [1.54, 1.807) is 4.68 Å². The lowest BCUT2D eigenvalue weighted by atomic mass is 9.84. The fourth-order valence-electron chi connectivity index (χ4n) is 3.01.